The van der Waals surface area contributed by atoms with Crippen molar-refractivity contribution in [3.63, 3.8) is 0 Å². The minimum absolute atomic E-state index is 0.452. The normalized spacial score (nSPS) is 10.4. The largest absolute Gasteiger partial charge is 0.380 e. The Balaban J connectivity index is 2.02. The van der Waals surface area contributed by atoms with Crippen molar-refractivity contribution in [2.24, 2.45) is 0 Å². The van der Waals surface area contributed by atoms with Gasteiger partial charge in [0.1, 0.15) is 0 Å². The number of nitrogens with one attached hydrogen (secondary N) is 1. The van der Waals surface area contributed by atoms with Crippen LogP contribution in [0.3, 0.4) is 0 Å². The first-order valence-electron chi connectivity index (χ1n) is 5.20. The summed E-state index contributed by atoms with van der Waals surface area (Å²) >= 11 is 1.73. The molecule has 0 unspecified atom stereocenters. The van der Waals surface area contributed by atoms with Crippen molar-refractivity contribution in [3.8, 4) is 0 Å². The van der Waals surface area contributed by atoms with Crippen LogP contribution >= 0.6 is 11.3 Å². The highest BCUT2D eigenvalue weighted by atomic mass is 32.1. The van der Waals surface area contributed by atoms with Crippen molar-refractivity contribution < 1.29 is 4.39 Å². The lowest BCUT2D eigenvalue weighted by atomic mass is 10.2. The molecule has 0 radical (unpaired) electrons. The van der Waals surface area contributed by atoms with Gasteiger partial charge in [0, 0.05) is 29.4 Å². The maximum Gasteiger partial charge on any atom is 0.214 e. The van der Waals surface area contributed by atoms with Gasteiger partial charge in [0.25, 0.3) is 0 Å². The summed E-state index contributed by atoms with van der Waals surface area (Å²) in [6.45, 7) is 2.88. The lowest BCUT2D eigenvalue weighted by Gasteiger charge is -2.06. The predicted molar refractivity (Wildman–Crippen MR) is 65.2 cm³/mol. The van der Waals surface area contributed by atoms with E-state index in [-0.39, 0.29) is 0 Å². The fourth-order valence-electron chi connectivity index (χ4n) is 1.53. The van der Waals surface area contributed by atoms with Gasteiger partial charge in [0.05, 0.1) is 0 Å². The Kier molecular flexibility index (Phi) is 3.51. The second-order valence-electron chi connectivity index (χ2n) is 3.44. The third kappa shape index (κ3) is 2.58. The van der Waals surface area contributed by atoms with E-state index in [1.165, 1.54) is 22.7 Å². The summed E-state index contributed by atoms with van der Waals surface area (Å²) in [6.07, 6.45) is 2.50. The van der Waals surface area contributed by atoms with E-state index in [9.17, 15) is 4.39 Å². The third-order valence-corrected chi connectivity index (χ3v) is 3.36. The molecule has 84 valence electrons. The molecule has 0 amide bonds. The van der Waals surface area contributed by atoms with Crippen molar-refractivity contribution in [3.05, 3.63) is 46.2 Å². The summed E-state index contributed by atoms with van der Waals surface area (Å²) in [5.41, 5.74) is 2.12. The third-order valence-electron chi connectivity index (χ3n) is 2.40. The van der Waals surface area contributed by atoms with Crippen LogP contribution in [0.25, 0.3) is 0 Å². The first-order chi connectivity index (χ1) is 7.79. The van der Waals surface area contributed by atoms with Gasteiger partial charge in [0.15, 0.2) is 0 Å². The number of hydrogen-bond acceptors (Lipinski definition) is 3. The standard InChI is InChI=1S/C12H13FN2S/c1-2-9-4-6-16-11(9)8-15-10-3-5-14-12(13)7-10/h3-7H,2,8H2,1H3,(H,14,15). The summed E-state index contributed by atoms with van der Waals surface area (Å²) < 4.78 is 12.8. The van der Waals surface area contributed by atoms with E-state index in [1.807, 2.05) is 0 Å². The molecule has 0 aliphatic heterocycles. The van der Waals surface area contributed by atoms with Gasteiger partial charge in [-0.05, 0) is 29.5 Å². The van der Waals surface area contributed by atoms with Gasteiger partial charge >= 0.3 is 0 Å². The van der Waals surface area contributed by atoms with Gasteiger partial charge in [-0.15, -0.1) is 11.3 Å². The number of thiophene rings is 1. The Morgan fingerprint density at radius 3 is 3.06 bits per heavy atom. The fourth-order valence-corrected chi connectivity index (χ4v) is 2.45. The Hall–Kier alpha value is -1.42. The molecule has 1 N–H and O–H groups in total. The Morgan fingerprint density at radius 1 is 1.44 bits per heavy atom. The lowest BCUT2D eigenvalue weighted by Crippen LogP contribution is -2.00. The van der Waals surface area contributed by atoms with Gasteiger partial charge in [-0.2, -0.15) is 4.39 Å². The average molecular weight is 236 g/mol. The molecule has 0 saturated heterocycles. The molecule has 2 aromatic heterocycles. The van der Waals surface area contributed by atoms with Crippen LogP contribution in [0, 0.1) is 5.95 Å². The number of rotatable bonds is 4. The molecular formula is C12H13FN2S. The van der Waals surface area contributed by atoms with Crippen molar-refractivity contribution in [2.45, 2.75) is 19.9 Å². The van der Waals surface area contributed by atoms with Gasteiger partial charge in [-0.1, -0.05) is 6.92 Å². The second kappa shape index (κ2) is 5.07. The van der Waals surface area contributed by atoms with Crippen molar-refractivity contribution >= 4 is 17.0 Å². The maximum absolute atomic E-state index is 12.8. The van der Waals surface area contributed by atoms with Crippen molar-refractivity contribution in [2.75, 3.05) is 5.32 Å². The highest BCUT2D eigenvalue weighted by molar-refractivity contribution is 7.10. The first-order valence-corrected chi connectivity index (χ1v) is 6.08. The van der Waals surface area contributed by atoms with Crippen LogP contribution in [0.2, 0.25) is 0 Å². The van der Waals surface area contributed by atoms with E-state index in [0.717, 1.165) is 18.7 Å². The molecule has 4 heteroatoms. The van der Waals surface area contributed by atoms with Crippen molar-refractivity contribution in [1.29, 1.82) is 0 Å². The monoisotopic (exact) mass is 236 g/mol. The van der Waals surface area contributed by atoms with Crippen molar-refractivity contribution in [1.82, 2.24) is 4.98 Å². The molecule has 2 nitrogen and oxygen atoms in total. The predicted octanol–water partition coefficient (Wildman–Crippen LogP) is 3.46. The molecule has 0 aliphatic carbocycles. The lowest BCUT2D eigenvalue weighted by molar-refractivity contribution is 0.584. The molecule has 0 aliphatic rings. The van der Waals surface area contributed by atoms with Crippen LogP contribution in [0.15, 0.2) is 29.8 Å². The summed E-state index contributed by atoms with van der Waals surface area (Å²) in [5, 5.41) is 5.28. The zero-order valence-electron chi connectivity index (χ0n) is 9.03. The molecule has 2 rings (SSSR count). The highest BCUT2D eigenvalue weighted by Crippen LogP contribution is 2.19. The van der Waals surface area contributed by atoms with E-state index in [1.54, 1.807) is 17.4 Å². The van der Waals surface area contributed by atoms with Gasteiger partial charge in [0.2, 0.25) is 5.95 Å². The summed E-state index contributed by atoms with van der Waals surface area (Å²) in [5.74, 6) is -0.452. The minimum atomic E-state index is -0.452. The molecule has 0 atom stereocenters. The molecular weight excluding hydrogens is 223 g/mol. The van der Waals surface area contributed by atoms with Crippen LogP contribution < -0.4 is 5.32 Å². The summed E-state index contributed by atoms with van der Waals surface area (Å²) in [6, 6.07) is 5.30. The van der Waals surface area contributed by atoms with Crippen LogP contribution in [0.5, 0.6) is 0 Å². The summed E-state index contributed by atoms with van der Waals surface area (Å²) in [4.78, 5) is 4.82. The van der Waals surface area contributed by atoms with E-state index < -0.39 is 5.95 Å². The average Bonchev–Trinajstić information content (AvgIpc) is 2.74. The fraction of sp³-hybridized carbons (Fsp3) is 0.250. The Bertz CT molecular complexity index is 468. The van der Waals surface area contributed by atoms with E-state index >= 15 is 0 Å². The van der Waals surface area contributed by atoms with Crippen LogP contribution in [0.4, 0.5) is 10.1 Å². The topological polar surface area (TPSA) is 24.9 Å². The molecule has 2 aromatic rings. The minimum Gasteiger partial charge on any atom is -0.380 e. The number of aromatic nitrogens is 1. The van der Waals surface area contributed by atoms with Gasteiger partial charge < -0.3 is 5.32 Å². The number of hydrogen-bond donors (Lipinski definition) is 1. The smallest absolute Gasteiger partial charge is 0.214 e. The maximum atomic E-state index is 12.8. The van der Waals surface area contributed by atoms with Crippen LogP contribution in [0.1, 0.15) is 17.4 Å². The zero-order chi connectivity index (χ0) is 11.4. The SMILES string of the molecule is CCc1ccsc1CNc1ccnc(F)c1. The molecule has 0 fully saturated rings. The molecule has 0 spiro atoms. The first kappa shape index (κ1) is 11.1. The molecule has 0 aromatic carbocycles. The highest BCUT2D eigenvalue weighted by Gasteiger charge is 2.02. The summed E-state index contributed by atoms with van der Waals surface area (Å²) in [7, 11) is 0. The number of pyridine rings is 1. The molecule has 0 bridgehead atoms. The van der Waals surface area contributed by atoms with E-state index in [4.69, 9.17) is 0 Å². The Morgan fingerprint density at radius 2 is 2.31 bits per heavy atom. The van der Waals surface area contributed by atoms with Crippen LogP contribution in [-0.2, 0) is 13.0 Å². The zero-order valence-corrected chi connectivity index (χ0v) is 9.85. The van der Waals surface area contributed by atoms with Gasteiger partial charge in [-0.25, -0.2) is 4.98 Å². The number of halogens is 1. The molecule has 16 heavy (non-hydrogen) atoms. The second-order valence-corrected chi connectivity index (χ2v) is 4.44. The Labute approximate surface area is 98.2 Å². The quantitative estimate of drug-likeness (QED) is 0.822. The molecule has 0 saturated carbocycles. The number of nitrogens with zero attached hydrogens (tertiary/aromatic N) is 1. The van der Waals surface area contributed by atoms with Crippen LogP contribution in [-0.4, -0.2) is 4.98 Å². The van der Waals surface area contributed by atoms with Gasteiger partial charge in [-0.3, -0.25) is 0 Å². The number of aryl methyl sites for hydroxylation is 1. The van der Waals surface area contributed by atoms with E-state index in [2.05, 4.69) is 28.7 Å². The molecule has 2 heterocycles. The number of anilines is 1. The van der Waals surface area contributed by atoms with E-state index in [0.29, 0.717) is 0 Å².